The van der Waals surface area contributed by atoms with Crippen molar-refractivity contribution in [2.24, 2.45) is 5.92 Å². The van der Waals surface area contributed by atoms with E-state index in [1.165, 1.54) is 24.3 Å². The summed E-state index contributed by atoms with van der Waals surface area (Å²) in [7, 11) is 0. The summed E-state index contributed by atoms with van der Waals surface area (Å²) in [6.07, 6.45) is 0.0572. The predicted octanol–water partition coefficient (Wildman–Crippen LogP) is 7.67. The number of halogens is 3. The number of ether oxygens (including phenoxy) is 1. The van der Waals surface area contributed by atoms with Crippen LogP contribution in [0, 0.1) is 5.92 Å². The molecule has 1 unspecified atom stereocenters. The molecule has 0 aliphatic heterocycles. The van der Waals surface area contributed by atoms with E-state index in [0.29, 0.717) is 28.9 Å². The van der Waals surface area contributed by atoms with Gasteiger partial charge in [0, 0.05) is 17.7 Å². The summed E-state index contributed by atoms with van der Waals surface area (Å²) in [6.45, 7) is -0.00488. The minimum Gasteiger partial charge on any atom is -0.486 e. The molecule has 3 aromatic rings. The monoisotopic (exact) mass is 539 g/mol. The summed E-state index contributed by atoms with van der Waals surface area (Å²) in [4.78, 5) is 22.9. The van der Waals surface area contributed by atoms with Crippen molar-refractivity contribution in [3.8, 4) is 16.9 Å². The van der Waals surface area contributed by atoms with Crippen LogP contribution in [0.2, 0.25) is 0 Å². The van der Waals surface area contributed by atoms with Crippen LogP contribution in [-0.2, 0) is 11.0 Å². The number of carbonyl (C=O) groups excluding carboxylic acids is 1. The molecule has 39 heavy (non-hydrogen) atoms. The molecule has 1 amide bonds. The average molecular weight is 540 g/mol. The summed E-state index contributed by atoms with van der Waals surface area (Å²) in [6, 6.07) is 19.6. The highest BCUT2D eigenvalue weighted by molar-refractivity contribution is 5.94. The van der Waals surface area contributed by atoms with Crippen molar-refractivity contribution in [2.45, 2.75) is 57.2 Å². The fourth-order valence-corrected chi connectivity index (χ4v) is 5.09. The number of nitrogens with one attached hydrogen (secondary N) is 1. The van der Waals surface area contributed by atoms with Gasteiger partial charge in [0.2, 0.25) is 0 Å². The van der Waals surface area contributed by atoms with Gasteiger partial charge < -0.3 is 15.2 Å². The van der Waals surface area contributed by atoms with Gasteiger partial charge >= 0.3 is 12.1 Å². The molecule has 8 heteroatoms. The number of amides is 1. The third kappa shape index (κ3) is 7.85. The topological polar surface area (TPSA) is 75.6 Å². The van der Waals surface area contributed by atoms with Crippen LogP contribution in [0.4, 0.5) is 13.2 Å². The van der Waals surface area contributed by atoms with Gasteiger partial charge in [0.25, 0.3) is 5.91 Å². The van der Waals surface area contributed by atoms with Crippen LogP contribution in [0.5, 0.6) is 5.75 Å². The molecule has 0 radical (unpaired) electrons. The second-order valence-electron chi connectivity index (χ2n) is 9.94. The van der Waals surface area contributed by atoms with Gasteiger partial charge in [-0.2, -0.15) is 13.2 Å². The molecule has 1 aliphatic carbocycles. The maximum atomic E-state index is 14.4. The Morgan fingerprint density at radius 2 is 1.62 bits per heavy atom. The highest BCUT2D eigenvalue weighted by Crippen LogP contribution is 2.42. The molecular weight excluding hydrogens is 507 g/mol. The summed E-state index contributed by atoms with van der Waals surface area (Å²) in [5.41, 5.74) is 0.889. The average Bonchev–Trinajstić information content (AvgIpc) is 2.93. The Morgan fingerprint density at radius 1 is 0.923 bits per heavy atom. The highest BCUT2D eigenvalue weighted by Gasteiger charge is 2.37. The zero-order chi connectivity index (χ0) is 27.8. The molecule has 206 valence electrons. The van der Waals surface area contributed by atoms with Gasteiger partial charge in [0.1, 0.15) is 11.9 Å². The lowest BCUT2D eigenvalue weighted by atomic mass is 9.83. The first kappa shape index (κ1) is 28.2. The number of alkyl halides is 3. The maximum absolute atomic E-state index is 14.4. The fourth-order valence-electron chi connectivity index (χ4n) is 5.09. The number of carboxylic acid groups (broad SMARTS) is 1. The molecule has 0 saturated heterocycles. The van der Waals surface area contributed by atoms with Crippen molar-refractivity contribution in [2.75, 3.05) is 6.54 Å². The van der Waals surface area contributed by atoms with E-state index in [9.17, 15) is 22.8 Å². The van der Waals surface area contributed by atoms with Gasteiger partial charge in [0.05, 0.1) is 12.0 Å². The lowest BCUT2D eigenvalue weighted by molar-refractivity contribution is -0.139. The Labute approximate surface area is 226 Å². The smallest absolute Gasteiger partial charge is 0.416 e. The first-order valence-electron chi connectivity index (χ1n) is 13.2. The molecule has 4 rings (SSSR count). The second kappa shape index (κ2) is 12.8. The van der Waals surface area contributed by atoms with E-state index in [1.807, 2.05) is 6.07 Å². The van der Waals surface area contributed by atoms with Crippen molar-refractivity contribution in [3.63, 3.8) is 0 Å². The molecule has 0 heterocycles. The lowest BCUT2D eigenvalue weighted by Crippen LogP contribution is -2.25. The molecule has 1 fully saturated rings. The van der Waals surface area contributed by atoms with Crippen molar-refractivity contribution in [3.05, 3.63) is 89.5 Å². The normalized spacial score (nSPS) is 14.9. The van der Waals surface area contributed by atoms with Crippen molar-refractivity contribution >= 4 is 11.9 Å². The number of rotatable bonds is 10. The van der Waals surface area contributed by atoms with Crippen LogP contribution < -0.4 is 10.1 Å². The summed E-state index contributed by atoms with van der Waals surface area (Å²) >= 11 is 0. The van der Waals surface area contributed by atoms with Gasteiger partial charge in [-0.3, -0.25) is 9.59 Å². The Kier molecular flexibility index (Phi) is 9.28. The molecule has 2 N–H and O–H groups in total. The Bertz CT molecular complexity index is 1250. The zero-order valence-electron chi connectivity index (χ0n) is 21.5. The molecule has 1 atom stereocenters. The second-order valence-corrected chi connectivity index (χ2v) is 9.94. The summed E-state index contributed by atoms with van der Waals surface area (Å²) in [5, 5.41) is 11.3. The molecular formula is C31H32F3NO4. The number of hydrogen-bond acceptors (Lipinski definition) is 3. The van der Waals surface area contributed by atoms with Gasteiger partial charge in [-0.25, -0.2) is 0 Å². The quantitative estimate of drug-likeness (QED) is 0.277. The van der Waals surface area contributed by atoms with E-state index < -0.39 is 29.7 Å². The molecule has 0 aromatic heterocycles. The first-order chi connectivity index (χ1) is 18.7. The third-order valence-electron chi connectivity index (χ3n) is 7.10. The summed E-state index contributed by atoms with van der Waals surface area (Å²) < 4.78 is 49.4. The van der Waals surface area contributed by atoms with E-state index in [1.54, 1.807) is 42.5 Å². The van der Waals surface area contributed by atoms with Gasteiger partial charge in [-0.1, -0.05) is 74.6 Å². The minimum atomic E-state index is -4.56. The van der Waals surface area contributed by atoms with Crippen LogP contribution in [0.15, 0.2) is 72.8 Å². The SMILES string of the molecule is O=C(O)CCNC(=O)c1ccc(OC(CC2CCCCC2)c2ccc(-c3ccccc3)cc2C(F)(F)F)cc1. The van der Waals surface area contributed by atoms with E-state index >= 15 is 0 Å². The minimum absolute atomic E-state index is 0.00488. The molecule has 1 saturated carbocycles. The highest BCUT2D eigenvalue weighted by atomic mass is 19.4. The van der Waals surface area contributed by atoms with Gasteiger partial charge in [-0.05, 0) is 53.8 Å². The Morgan fingerprint density at radius 3 is 2.26 bits per heavy atom. The predicted molar refractivity (Wildman–Crippen MR) is 142 cm³/mol. The Balaban J connectivity index is 1.61. The van der Waals surface area contributed by atoms with Crippen LogP contribution >= 0.6 is 0 Å². The molecule has 0 bridgehead atoms. The largest absolute Gasteiger partial charge is 0.486 e. The standard InChI is InChI=1S/C31H32F3NO4/c32-31(33,34)27-20-24(22-9-5-2-6-10-22)13-16-26(27)28(19-21-7-3-1-4-8-21)39-25-14-11-23(12-15-25)30(38)35-18-17-29(36)37/h2,5-6,9-16,20-21,28H,1,3-4,7-8,17-19H2,(H,35,38)(H,36,37). The van der Waals surface area contributed by atoms with Crippen LogP contribution in [0.25, 0.3) is 11.1 Å². The van der Waals surface area contributed by atoms with Gasteiger partial charge in [-0.15, -0.1) is 0 Å². The van der Waals surface area contributed by atoms with Crippen LogP contribution in [0.1, 0.15) is 72.5 Å². The fraction of sp³-hybridized carbons (Fsp3) is 0.355. The van der Waals surface area contributed by atoms with Crippen molar-refractivity contribution in [1.29, 1.82) is 0 Å². The first-order valence-corrected chi connectivity index (χ1v) is 13.2. The van der Waals surface area contributed by atoms with E-state index in [4.69, 9.17) is 9.84 Å². The van der Waals surface area contributed by atoms with Crippen molar-refractivity contribution in [1.82, 2.24) is 5.32 Å². The molecule has 1 aliphatic rings. The number of carbonyl (C=O) groups is 2. The molecule has 3 aromatic carbocycles. The number of aliphatic carboxylic acids is 1. The van der Waals surface area contributed by atoms with E-state index in [0.717, 1.165) is 32.1 Å². The zero-order valence-corrected chi connectivity index (χ0v) is 21.5. The van der Waals surface area contributed by atoms with Gasteiger partial charge in [0.15, 0.2) is 0 Å². The van der Waals surface area contributed by atoms with E-state index in [2.05, 4.69) is 5.32 Å². The van der Waals surface area contributed by atoms with Crippen molar-refractivity contribution < 1.29 is 32.6 Å². The third-order valence-corrected chi connectivity index (χ3v) is 7.10. The van der Waals surface area contributed by atoms with E-state index in [-0.39, 0.29) is 24.4 Å². The number of hydrogen-bond donors (Lipinski definition) is 2. The lowest BCUT2D eigenvalue weighted by Gasteiger charge is -2.29. The number of benzene rings is 3. The number of carboxylic acids is 1. The van der Waals surface area contributed by atoms with Crippen LogP contribution in [0.3, 0.4) is 0 Å². The maximum Gasteiger partial charge on any atom is 0.416 e. The Hall–Kier alpha value is -3.81. The molecule has 5 nitrogen and oxygen atoms in total. The summed E-state index contributed by atoms with van der Waals surface area (Å²) in [5.74, 6) is -0.827. The van der Waals surface area contributed by atoms with Crippen LogP contribution in [-0.4, -0.2) is 23.5 Å². The molecule has 0 spiro atoms.